The number of aliphatic hydroxyl groups is 1. The van der Waals surface area contributed by atoms with Gasteiger partial charge in [0.15, 0.2) is 0 Å². The van der Waals surface area contributed by atoms with E-state index in [9.17, 15) is 9.90 Å². The summed E-state index contributed by atoms with van der Waals surface area (Å²) in [5, 5.41) is 13.0. The van der Waals surface area contributed by atoms with E-state index >= 15 is 0 Å². The van der Waals surface area contributed by atoms with E-state index < -0.39 is 0 Å². The molecule has 2 aromatic rings. The van der Waals surface area contributed by atoms with Gasteiger partial charge < -0.3 is 16.2 Å². The van der Waals surface area contributed by atoms with Gasteiger partial charge in [0.1, 0.15) is 4.88 Å². The number of aromatic nitrogens is 1. The van der Waals surface area contributed by atoms with Gasteiger partial charge in [-0.25, -0.2) is 0 Å². The Labute approximate surface area is 114 Å². The van der Waals surface area contributed by atoms with E-state index in [1.807, 2.05) is 6.07 Å². The number of amides is 1. The number of carbonyl (C=O) groups excluding carboxylic acids is 1. The van der Waals surface area contributed by atoms with Gasteiger partial charge in [0.2, 0.25) is 0 Å². The van der Waals surface area contributed by atoms with Gasteiger partial charge in [-0.15, -0.1) is 11.3 Å². The van der Waals surface area contributed by atoms with E-state index in [4.69, 9.17) is 5.73 Å². The van der Waals surface area contributed by atoms with Crippen molar-refractivity contribution in [2.24, 2.45) is 5.41 Å². The Morgan fingerprint density at radius 1 is 1.58 bits per heavy atom. The maximum Gasteiger partial charge on any atom is 0.263 e. The molecule has 5 nitrogen and oxygen atoms in total. The molecule has 1 fully saturated rings. The second-order valence-electron chi connectivity index (χ2n) is 5.06. The molecule has 0 unspecified atom stereocenters. The molecule has 0 saturated heterocycles. The number of aliphatic hydroxyl groups excluding tert-OH is 1. The van der Waals surface area contributed by atoms with E-state index in [0.29, 0.717) is 17.1 Å². The standard InChI is InChI=1S/C13H15N3O2S/c14-10-8-1-4-15-5-9(8)19-11(10)12(18)16-6-13(7-17)2-3-13/h1,4-5,17H,2-3,6-7,14H2,(H,16,18). The largest absolute Gasteiger partial charge is 0.397 e. The molecule has 6 heteroatoms. The van der Waals surface area contributed by atoms with Crippen molar-refractivity contribution in [1.82, 2.24) is 10.3 Å². The zero-order valence-electron chi connectivity index (χ0n) is 10.3. The van der Waals surface area contributed by atoms with Crippen LogP contribution in [0.2, 0.25) is 0 Å². The Morgan fingerprint density at radius 3 is 3.00 bits per heavy atom. The van der Waals surface area contributed by atoms with Gasteiger partial charge >= 0.3 is 0 Å². The summed E-state index contributed by atoms with van der Waals surface area (Å²) in [6, 6.07) is 1.81. The molecular weight excluding hydrogens is 262 g/mol. The molecular formula is C13H15N3O2S. The molecule has 100 valence electrons. The highest BCUT2D eigenvalue weighted by atomic mass is 32.1. The average Bonchev–Trinajstić information content (AvgIpc) is 3.15. The highest BCUT2D eigenvalue weighted by Gasteiger charge is 2.42. The molecule has 0 aromatic carbocycles. The normalized spacial score (nSPS) is 16.5. The number of pyridine rings is 1. The number of nitrogens with two attached hydrogens (primary N) is 1. The van der Waals surface area contributed by atoms with Gasteiger partial charge in [0.25, 0.3) is 5.91 Å². The molecule has 1 amide bonds. The predicted octanol–water partition coefficient (Wildman–Crippen LogP) is 1.38. The van der Waals surface area contributed by atoms with Crippen LogP contribution in [-0.2, 0) is 0 Å². The molecule has 4 N–H and O–H groups in total. The molecule has 19 heavy (non-hydrogen) atoms. The summed E-state index contributed by atoms with van der Waals surface area (Å²) < 4.78 is 0.911. The summed E-state index contributed by atoms with van der Waals surface area (Å²) in [4.78, 5) is 16.7. The SMILES string of the molecule is Nc1c(C(=O)NCC2(CO)CC2)sc2cnccc12. The van der Waals surface area contributed by atoms with E-state index in [0.717, 1.165) is 22.9 Å². The van der Waals surface area contributed by atoms with Gasteiger partial charge in [-0.2, -0.15) is 0 Å². The Balaban J connectivity index is 1.80. The monoisotopic (exact) mass is 277 g/mol. The van der Waals surface area contributed by atoms with Crippen LogP contribution in [0.4, 0.5) is 5.69 Å². The Hall–Kier alpha value is -1.66. The molecule has 1 aliphatic carbocycles. The molecule has 3 rings (SSSR count). The molecule has 0 spiro atoms. The van der Waals surface area contributed by atoms with Crippen LogP contribution in [0.25, 0.3) is 10.1 Å². The third-order valence-electron chi connectivity index (χ3n) is 3.65. The first kappa shape index (κ1) is 12.4. The number of carbonyl (C=O) groups is 1. The van der Waals surface area contributed by atoms with Crippen molar-refractivity contribution in [3.05, 3.63) is 23.3 Å². The van der Waals surface area contributed by atoms with Crippen LogP contribution in [0.1, 0.15) is 22.5 Å². The van der Waals surface area contributed by atoms with Crippen molar-refractivity contribution in [3.63, 3.8) is 0 Å². The first-order valence-corrected chi connectivity index (χ1v) is 6.98. The van der Waals surface area contributed by atoms with Gasteiger partial charge in [0, 0.05) is 29.7 Å². The fourth-order valence-electron chi connectivity index (χ4n) is 2.06. The lowest BCUT2D eigenvalue weighted by molar-refractivity contribution is 0.0940. The molecule has 0 atom stereocenters. The van der Waals surface area contributed by atoms with Crippen LogP contribution in [0.3, 0.4) is 0 Å². The average molecular weight is 277 g/mol. The Bertz CT molecular complexity index is 634. The number of thiophene rings is 1. The van der Waals surface area contributed by atoms with Gasteiger partial charge in [-0.3, -0.25) is 9.78 Å². The van der Waals surface area contributed by atoms with Crippen molar-refractivity contribution < 1.29 is 9.90 Å². The second kappa shape index (κ2) is 4.47. The highest BCUT2D eigenvalue weighted by molar-refractivity contribution is 7.21. The maximum atomic E-state index is 12.1. The van der Waals surface area contributed by atoms with E-state index in [-0.39, 0.29) is 17.9 Å². The van der Waals surface area contributed by atoms with Crippen molar-refractivity contribution in [1.29, 1.82) is 0 Å². The summed E-state index contributed by atoms with van der Waals surface area (Å²) in [5.41, 5.74) is 6.41. The minimum Gasteiger partial charge on any atom is -0.397 e. The van der Waals surface area contributed by atoms with Gasteiger partial charge in [-0.05, 0) is 18.9 Å². The second-order valence-corrected chi connectivity index (χ2v) is 6.11. The summed E-state index contributed by atoms with van der Waals surface area (Å²) >= 11 is 1.35. The van der Waals surface area contributed by atoms with Gasteiger partial charge in [0.05, 0.1) is 17.0 Å². The lowest BCUT2D eigenvalue weighted by Gasteiger charge is -2.12. The molecule has 0 radical (unpaired) electrons. The number of hydrogen-bond donors (Lipinski definition) is 3. The number of nitrogens with one attached hydrogen (secondary N) is 1. The molecule has 0 aliphatic heterocycles. The highest BCUT2D eigenvalue weighted by Crippen LogP contribution is 2.44. The lowest BCUT2D eigenvalue weighted by atomic mass is 10.1. The van der Waals surface area contributed by atoms with E-state index in [1.165, 1.54) is 11.3 Å². The third kappa shape index (κ3) is 2.17. The molecule has 2 heterocycles. The zero-order valence-corrected chi connectivity index (χ0v) is 11.2. The predicted molar refractivity (Wildman–Crippen MR) is 75.1 cm³/mol. The minimum absolute atomic E-state index is 0.0946. The van der Waals surface area contributed by atoms with Crippen molar-refractivity contribution >= 4 is 33.0 Å². The first-order chi connectivity index (χ1) is 9.15. The number of nitrogens with zero attached hydrogens (tertiary/aromatic N) is 1. The van der Waals surface area contributed by atoms with E-state index in [1.54, 1.807) is 12.4 Å². The summed E-state index contributed by atoms with van der Waals surface area (Å²) in [6.45, 7) is 0.632. The van der Waals surface area contributed by atoms with Crippen LogP contribution < -0.4 is 11.1 Å². The van der Waals surface area contributed by atoms with E-state index in [2.05, 4.69) is 10.3 Å². The maximum absolute atomic E-state index is 12.1. The number of fused-ring (bicyclic) bond motifs is 1. The fraction of sp³-hybridized carbons (Fsp3) is 0.385. The zero-order chi connectivity index (χ0) is 13.5. The fourth-order valence-corrected chi connectivity index (χ4v) is 3.06. The molecule has 0 bridgehead atoms. The van der Waals surface area contributed by atoms with Crippen molar-refractivity contribution in [2.45, 2.75) is 12.8 Å². The number of anilines is 1. The summed E-state index contributed by atoms with van der Waals surface area (Å²) in [7, 11) is 0. The molecule has 1 saturated carbocycles. The minimum atomic E-state index is -0.168. The van der Waals surface area contributed by atoms with Crippen LogP contribution in [0.5, 0.6) is 0 Å². The van der Waals surface area contributed by atoms with Crippen LogP contribution >= 0.6 is 11.3 Å². The number of nitrogen functional groups attached to an aromatic ring is 1. The molecule has 2 aromatic heterocycles. The Morgan fingerprint density at radius 2 is 2.37 bits per heavy atom. The van der Waals surface area contributed by atoms with Crippen molar-refractivity contribution in [2.75, 3.05) is 18.9 Å². The topological polar surface area (TPSA) is 88.2 Å². The van der Waals surface area contributed by atoms with Crippen molar-refractivity contribution in [3.8, 4) is 0 Å². The quantitative estimate of drug-likeness (QED) is 0.787. The molecule has 1 aliphatic rings. The number of hydrogen-bond acceptors (Lipinski definition) is 5. The Kier molecular flexibility index (Phi) is 2.91. The summed E-state index contributed by atoms with van der Waals surface area (Å²) in [6.07, 6.45) is 5.31. The van der Waals surface area contributed by atoms with Gasteiger partial charge in [-0.1, -0.05) is 0 Å². The third-order valence-corrected chi connectivity index (χ3v) is 4.81. The van der Waals surface area contributed by atoms with Crippen LogP contribution in [0, 0.1) is 5.41 Å². The lowest BCUT2D eigenvalue weighted by Crippen LogP contribution is -2.31. The van der Waals surface area contributed by atoms with Crippen LogP contribution in [-0.4, -0.2) is 29.1 Å². The summed E-state index contributed by atoms with van der Waals surface area (Å²) in [5.74, 6) is -0.168. The first-order valence-electron chi connectivity index (χ1n) is 6.16. The van der Waals surface area contributed by atoms with Crippen LogP contribution in [0.15, 0.2) is 18.5 Å². The number of rotatable bonds is 4. The smallest absolute Gasteiger partial charge is 0.263 e.